The lowest BCUT2D eigenvalue weighted by Crippen LogP contribution is -2.33. The second kappa shape index (κ2) is 7.02. The van der Waals surface area contributed by atoms with Crippen molar-refractivity contribution < 1.29 is 18.6 Å². The summed E-state index contributed by atoms with van der Waals surface area (Å²) in [5.74, 6) is 0. The van der Waals surface area contributed by atoms with E-state index in [1.54, 1.807) is 0 Å². The molecule has 0 bridgehead atoms. The zero-order valence-corrected chi connectivity index (χ0v) is 12.9. The maximum absolute atomic E-state index is 12.3. The second-order valence-corrected chi connectivity index (χ2v) is 6.20. The zero-order valence-electron chi connectivity index (χ0n) is 12.0. The van der Waals surface area contributed by atoms with Crippen LogP contribution in [0.4, 0.5) is 10.5 Å². The number of anilines is 1. The summed E-state index contributed by atoms with van der Waals surface area (Å²) >= 11 is 0. The monoisotopic (exact) mass is 297 g/mol. The average molecular weight is 297 g/mol. The van der Waals surface area contributed by atoms with Gasteiger partial charge in [-0.2, -0.15) is 0 Å². The van der Waals surface area contributed by atoms with Crippen molar-refractivity contribution in [2.75, 3.05) is 11.3 Å². The van der Waals surface area contributed by atoms with Crippen molar-refractivity contribution in [3.63, 3.8) is 0 Å². The van der Waals surface area contributed by atoms with E-state index in [9.17, 15) is 4.79 Å². The third-order valence-corrected chi connectivity index (χ3v) is 4.33. The number of ether oxygens (including phenoxy) is 1. The van der Waals surface area contributed by atoms with E-state index in [0.717, 1.165) is 12.1 Å². The molecule has 2 unspecified atom stereocenters. The molecule has 0 saturated carbocycles. The van der Waals surface area contributed by atoms with Crippen LogP contribution in [0.2, 0.25) is 0 Å². The van der Waals surface area contributed by atoms with Crippen LogP contribution in [0.3, 0.4) is 0 Å². The Bertz CT molecular complexity index is 440. The predicted molar refractivity (Wildman–Crippen MR) is 78.6 cm³/mol. The van der Waals surface area contributed by atoms with Crippen LogP contribution in [0, 0.1) is 0 Å². The fraction of sp³-hybridized carbons (Fsp3) is 0.500. The summed E-state index contributed by atoms with van der Waals surface area (Å²) in [7, 11) is -1.46. The van der Waals surface area contributed by atoms with Crippen LogP contribution in [0.25, 0.3) is 0 Å². The van der Waals surface area contributed by atoms with Gasteiger partial charge in [-0.05, 0) is 39.3 Å². The van der Waals surface area contributed by atoms with Crippen LogP contribution >= 0.6 is 8.53 Å². The highest BCUT2D eigenvalue weighted by Gasteiger charge is 2.34. The van der Waals surface area contributed by atoms with Crippen molar-refractivity contribution >= 4 is 20.3 Å². The normalized spacial score (nSPS) is 22.6. The molecule has 1 aliphatic heterocycles. The molecule has 1 aromatic carbocycles. The SMILES string of the molecule is CC(C)OC(=O)N(c1ccccc1)P1OCCC(C)O1. The molecule has 110 valence electrons. The molecule has 0 radical (unpaired) electrons. The van der Waals surface area contributed by atoms with Gasteiger partial charge in [-0.1, -0.05) is 18.2 Å². The Hall–Kier alpha value is -1.16. The van der Waals surface area contributed by atoms with E-state index < -0.39 is 14.6 Å². The predicted octanol–water partition coefficient (Wildman–Crippen LogP) is 4.09. The summed E-state index contributed by atoms with van der Waals surface area (Å²) in [6, 6.07) is 9.32. The molecule has 1 saturated heterocycles. The molecule has 0 N–H and O–H groups in total. The van der Waals surface area contributed by atoms with Gasteiger partial charge in [0, 0.05) is 0 Å². The Morgan fingerprint density at radius 3 is 2.70 bits per heavy atom. The highest BCUT2D eigenvalue weighted by atomic mass is 31.2. The van der Waals surface area contributed by atoms with Gasteiger partial charge in [0.1, 0.15) is 0 Å². The number of nitrogens with zero attached hydrogens (tertiary/aromatic N) is 1. The Morgan fingerprint density at radius 2 is 2.10 bits per heavy atom. The van der Waals surface area contributed by atoms with E-state index >= 15 is 0 Å². The lowest BCUT2D eigenvalue weighted by atomic mass is 10.3. The summed E-state index contributed by atoms with van der Waals surface area (Å²) in [6.45, 7) is 6.21. The molecule has 5 nitrogen and oxygen atoms in total. The first-order valence-corrected chi connectivity index (χ1v) is 7.86. The van der Waals surface area contributed by atoms with Crippen LogP contribution in [0.15, 0.2) is 30.3 Å². The molecule has 0 aromatic heterocycles. The molecule has 1 fully saturated rings. The van der Waals surface area contributed by atoms with Crippen molar-refractivity contribution in [2.45, 2.75) is 39.4 Å². The van der Waals surface area contributed by atoms with E-state index in [2.05, 4.69) is 0 Å². The Kier molecular flexibility index (Phi) is 5.35. The molecule has 2 rings (SSSR count). The highest BCUT2D eigenvalue weighted by Crippen LogP contribution is 2.50. The molecule has 0 aliphatic carbocycles. The number of rotatable bonds is 3. The van der Waals surface area contributed by atoms with Gasteiger partial charge in [0.15, 0.2) is 0 Å². The van der Waals surface area contributed by atoms with E-state index in [1.807, 2.05) is 51.1 Å². The summed E-state index contributed by atoms with van der Waals surface area (Å²) in [5, 5.41) is 0. The van der Waals surface area contributed by atoms with Crippen LogP contribution in [0.1, 0.15) is 27.2 Å². The molecular weight excluding hydrogens is 277 g/mol. The smallest absolute Gasteiger partial charge is 0.421 e. The number of carbonyl (C=O) groups excluding carboxylic acids is 1. The topological polar surface area (TPSA) is 48.0 Å². The number of carbonyl (C=O) groups is 1. The maximum atomic E-state index is 12.3. The largest absolute Gasteiger partial charge is 0.446 e. The summed E-state index contributed by atoms with van der Waals surface area (Å²) in [5.41, 5.74) is 0.721. The maximum Gasteiger partial charge on any atom is 0.421 e. The highest BCUT2D eigenvalue weighted by molar-refractivity contribution is 7.50. The molecule has 2 atom stereocenters. The molecule has 1 aromatic rings. The molecule has 1 heterocycles. The third-order valence-electron chi connectivity index (χ3n) is 2.67. The van der Waals surface area contributed by atoms with E-state index in [-0.39, 0.29) is 12.2 Å². The lowest BCUT2D eigenvalue weighted by Gasteiger charge is -2.34. The Morgan fingerprint density at radius 1 is 1.40 bits per heavy atom. The summed E-state index contributed by atoms with van der Waals surface area (Å²) in [6.07, 6.45) is 0.283. The van der Waals surface area contributed by atoms with Crippen molar-refractivity contribution in [3.05, 3.63) is 30.3 Å². The van der Waals surface area contributed by atoms with Gasteiger partial charge in [-0.15, -0.1) is 0 Å². The summed E-state index contributed by atoms with van der Waals surface area (Å²) in [4.78, 5) is 12.3. The minimum absolute atomic E-state index is 0.0768. The van der Waals surface area contributed by atoms with Gasteiger partial charge in [0.2, 0.25) is 0 Å². The van der Waals surface area contributed by atoms with Crippen LogP contribution in [-0.2, 0) is 13.8 Å². The fourth-order valence-corrected chi connectivity index (χ4v) is 3.17. The Labute approximate surface area is 120 Å². The van der Waals surface area contributed by atoms with Gasteiger partial charge in [-0.3, -0.25) is 0 Å². The molecular formula is C14H20NO4P. The minimum Gasteiger partial charge on any atom is -0.446 e. The molecule has 1 amide bonds. The van der Waals surface area contributed by atoms with Crippen molar-refractivity contribution in [2.24, 2.45) is 0 Å². The average Bonchev–Trinajstić information content (AvgIpc) is 2.39. The minimum atomic E-state index is -1.46. The van der Waals surface area contributed by atoms with Crippen LogP contribution in [-0.4, -0.2) is 24.9 Å². The van der Waals surface area contributed by atoms with Gasteiger partial charge in [-0.25, -0.2) is 9.46 Å². The quantitative estimate of drug-likeness (QED) is 0.788. The third kappa shape index (κ3) is 3.92. The lowest BCUT2D eigenvalue weighted by molar-refractivity contribution is 0.108. The van der Waals surface area contributed by atoms with Gasteiger partial charge in [0.25, 0.3) is 8.53 Å². The first-order valence-electron chi connectivity index (χ1n) is 6.73. The molecule has 20 heavy (non-hydrogen) atoms. The van der Waals surface area contributed by atoms with Crippen molar-refractivity contribution in [1.29, 1.82) is 0 Å². The number of hydrogen-bond acceptors (Lipinski definition) is 4. The first kappa shape index (κ1) is 15.2. The van der Waals surface area contributed by atoms with E-state index in [4.69, 9.17) is 13.8 Å². The number of benzene rings is 1. The standard InChI is InChI=1S/C14H20NO4P/c1-11(2)18-14(16)15(13-7-5-4-6-8-13)20-17-10-9-12(3)19-20/h4-8,11-12H,9-10H2,1-3H3. The van der Waals surface area contributed by atoms with Crippen molar-refractivity contribution in [3.8, 4) is 0 Å². The van der Waals surface area contributed by atoms with Crippen LogP contribution < -0.4 is 4.67 Å². The number of para-hydroxylation sites is 1. The fourth-order valence-electron chi connectivity index (χ4n) is 1.73. The van der Waals surface area contributed by atoms with Crippen molar-refractivity contribution in [1.82, 2.24) is 0 Å². The number of hydrogen-bond donors (Lipinski definition) is 0. The summed E-state index contributed by atoms with van der Waals surface area (Å²) < 4.78 is 18.2. The molecule has 0 spiro atoms. The van der Waals surface area contributed by atoms with Gasteiger partial charge in [0.05, 0.1) is 24.5 Å². The second-order valence-electron chi connectivity index (χ2n) is 4.86. The van der Waals surface area contributed by atoms with Gasteiger partial charge >= 0.3 is 6.09 Å². The van der Waals surface area contributed by atoms with E-state index in [1.165, 1.54) is 4.67 Å². The molecule has 6 heteroatoms. The van der Waals surface area contributed by atoms with E-state index in [0.29, 0.717) is 6.61 Å². The number of amides is 1. The molecule has 1 aliphatic rings. The van der Waals surface area contributed by atoms with Crippen LogP contribution in [0.5, 0.6) is 0 Å². The van der Waals surface area contributed by atoms with Gasteiger partial charge < -0.3 is 13.8 Å². The first-order chi connectivity index (χ1) is 9.58. The zero-order chi connectivity index (χ0) is 14.5. The Balaban J connectivity index is 2.22.